The van der Waals surface area contributed by atoms with Crippen LogP contribution in [0.2, 0.25) is 0 Å². The van der Waals surface area contributed by atoms with Gasteiger partial charge in [-0.15, -0.1) is 24.0 Å². The fourth-order valence-electron chi connectivity index (χ4n) is 3.65. The number of hydrogen-bond acceptors (Lipinski definition) is 3. The summed E-state index contributed by atoms with van der Waals surface area (Å²) in [5.41, 5.74) is 5.37. The van der Waals surface area contributed by atoms with Crippen molar-refractivity contribution in [1.29, 1.82) is 0 Å². The average molecular weight is 523 g/mol. The summed E-state index contributed by atoms with van der Waals surface area (Å²) in [6, 6.07) is 3.37. The van der Waals surface area contributed by atoms with E-state index in [-0.39, 0.29) is 47.9 Å². The Hall–Kier alpha value is -1.49. The third kappa shape index (κ3) is 7.36. The number of hydrogen-bond donors (Lipinski definition) is 2. The lowest BCUT2D eigenvalue weighted by Gasteiger charge is -2.35. The molecule has 1 aromatic rings. The van der Waals surface area contributed by atoms with Gasteiger partial charge in [-0.2, -0.15) is 0 Å². The van der Waals surface area contributed by atoms with Crippen LogP contribution < -0.4 is 11.1 Å². The van der Waals surface area contributed by atoms with Crippen LogP contribution in [0.15, 0.2) is 23.2 Å². The first-order chi connectivity index (χ1) is 13.3. The van der Waals surface area contributed by atoms with Gasteiger partial charge in [0.2, 0.25) is 5.91 Å². The molecule has 1 heterocycles. The number of carbonyl (C=O) groups excluding carboxylic acids is 1. The van der Waals surface area contributed by atoms with E-state index in [1.165, 1.54) is 18.2 Å². The van der Waals surface area contributed by atoms with E-state index in [0.29, 0.717) is 25.5 Å². The predicted molar refractivity (Wildman–Crippen MR) is 122 cm³/mol. The van der Waals surface area contributed by atoms with Crippen molar-refractivity contribution in [3.05, 3.63) is 35.4 Å². The highest BCUT2D eigenvalue weighted by atomic mass is 127. The number of benzene rings is 1. The molecule has 3 N–H and O–H groups in total. The Kier molecular flexibility index (Phi) is 10.8. The Morgan fingerprint density at radius 2 is 2.03 bits per heavy atom. The van der Waals surface area contributed by atoms with E-state index in [1.807, 2.05) is 6.92 Å². The molecule has 1 aromatic carbocycles. The lowest BCUT2D eigenvalue weighted by atomic mass is 9.95. The smallest absolute Gasteiger partial charge is 0.217 e. The first-order valence-corrected chi connectivity index (χ1v) is 9.75. The molecule has 29 heavy (non-hydrogen) atoms. The van der Waals surface area contributed by atoms with Crippen molar-refractivity contribution in [1.82, 2.24) is 15.1 Å². The van der Waals surface area contributed by atoms with Crippen LogP contribution in [0, 0.1) is 17.6 Å². The van der Waals surface area contributed by atoms with Gasteiger partial charge in [0.25, 0.3) is 0 Å². The molecular weight excluding hydrogens is 491 g/mol. The largest absolute Gasteiger partial charge is 0.370 e. The molecule has 0 aromatic heterocycles. The summed E-state index contributed by atoms with van der Waals surface area (Å²) in [7, 11) is 3.56. The second-order valence-electron chi connectivity index (χ2n) is 7.43. The lowest BCUT2D eigenvalue weighted by molar-refractivity contribution is -0.119. The van der Waals surface area contributed by atoms with Crippen LogP contribution in [-0.2, 0) is 4.79 Å². The van der Waals surface area contributed by atoms with Crippen molar-refractivity contribution < 1.29 is 13.6 Å². The van der Waals surface area contributed by atoms with E-state index in [9.17, 15) is 13.6 Å². The summed E-state index contributed by atoms with van der Waals surface area (Å²) in [6.07, 6.45) is 2.26. The van der Waals surface area contributed by atoms with E-state index in [1.54, 1.807) is 19.0 Å². The topological polar surface area (TPSA) is 74.0 Å². The number of nitrogens with zero attached hydrogens (tertiary/aromatic N) is 3. The van der Waals surface area contributed by atoms with E-state index < -0.39 is 17.7 Å². The van der Waals surface area contributed by atoms with Crippen LogP contribution in [0.4, 0.5) is 8.78 Å². The quantitative estimate of drug-likeness (QED) is 0.328. The van der Waals surface area contributed by atoms with Crippen molar-refractivity contribution in [3.8, 4) is 0 Å². The van der Waals surface area contributed by atoms with Gasteiger partial charge in [0, 0.05) is 31.6 Å². The zero-order valence-electron chi connectivity index (χ0n) is 17.3. The van der Waals surface area contributed by atoms with Crippen LogP contribution in [0.5, 0.6) is 0 Å². The number of amides is 1. The lowest BCUT2D eigenvalue weighted by Crippen LogP contribution is -2.47. The summed E-state index contributed by atoms with van der Waals surface area (Å²) in [4.78, 5) is 19.8. The third-order valence-corrected chi connectivity index (χ3v) is 5.01. The average Bonchev–Trinajstić information content (AvgIpc) is 2.62. The molecule has 1 amide bonds. The summed E-state index contributed by atoms with van der Waals surface area (Å²) in [5, 5.41) is 3.25. The molecule has 0 bridgehead atoms. The Balaban J connectivity index is 0.00000420. The molecule has 1 aliphatic heterocycles. The van der Waals surface area contributed by atoms with E-state index in [0.717, 1.165) is 19.4 Å². The number of guanidine groups is 1. The van der Waals surface area contributed by atoms with Gasteiger partial charge in [0.05, 0.1) is 12.6 Å². The maximum absolute atomic E-state index is 14.3. The molecule has 1 aliphatic rings. The highest BCUT2D eigenvalue weighted by molar-refractivity contribution is 14.0. The van der Waals surface area contributed by atoms with Gasteiger partial charge in [0.1, 0.15) is 11.6 Å². The molecule has 0 aliphatic carbocycles. The molecule has 2 atom stereocenters. The van der Waals surface area contributed by atoms with Gasteiger partial charge in [-0.25, -0.2) is 8.78 Å². The van der Waals surface area contributed by atoms with E-state index in [2.05, 4.69) is 15.2 Å². The van der Waals surface area contributed by atoms with E-state index in [4.69, 9.17) is 5.73 Å². The van der Waals surface area contributed by atoms with Gasteiger partial charge < -0.3 is 20.9 Å². The van der Waals surface area contributed by atoms with Crippen LogP contribution in [0.1, 0.15) is 37.8 Å². The minimum absolute atomic E-state index is 0. The molecule has 6 nitrogen and oxygen atoms in total. The van der Waals surface area contributed by atoms with Crippen LogP contribution in [0.3, 0.4) is 0 Å². The highest BCUT2D eigenvalue weighted by Gasteiger charge is 2.25. The number of primary amides is 1. The third-order valence-electron chi connectivity index (χ3n) is 5.01. The second-order valence-corrected chi connectivity index (χ2v) is 7.43. The number of likely N-dealkylation sites (tertiary alicyclic amines) is 1. The Bertz CT molecular complexity index is 681. The van der Waals surface area contributed by atoms with Gasteiger partial charge in [0.15, 0.2) is 5.96 Å². The van der Waals surface area contributed by atoms with Crippen LogP contribution >= 0.6 is 24.0 Å². The number of aliphatic imine (C=N–C) groups is 1. The first-order valence-electron chi connectivity index (χ1n) is 9.75. The van der Waals surface area contributed by atoms with Crippen molar-refractivity contribution in [2.75, 3.05) is 40.3 Å². The van der Waals surface area contributed by atoms with Gasteiger partial charge in [-0.3, -0.25) is 9.79 Å². The number of piperidine rings is 1. The fourth-order valence-corrected chi connectivity index (χ4v) is 3.65. The summed E-state index contributed by atoms with van der Waals surface area (Å²) in [6.45, 7) is 4.37. The number of likely N-dealkylation sites (N-methyl/N-ethyl adjacent to an activating group) is 1. The monoisotopic (exact) mass is 523 g/mol. The summed E-state index contributed by atoms with van der Waals surface area (Å²) >= 11 is 0. The Labute approximate surface area is 188 Å². The molecule has 0 saturated carbocycles. The molecule has 2 unspecified atom stereocenters. The number of nitrogens with one attached hydrogen (secondary N) is 1. The SMILES string of the molecule is CCNC(=NCC(c1c(F)cccc1F)N(C)C)N1CCCC(CC(N)=O)C1.I. The van der Waals surface area contributed by atoms with Crippen molar-refractivity contribution >= 4 is 35.8 Å². The maximum Gasteiger partial charge on any atom is 0.217 e. The molecule has 1 saturated heterocycles. The number of rotatable bonds is 7. The number of nitrogens with two attached hydrogens (primary N) is 1. The van der Waals surface area contributed by atoms with Crippen LogP contribution in [-0.4, -0.2) is 61.9 Å². The zero-order chi connectivity index (χ0) is 20.7. The van der Waals surface area contributed by atoms with Gasteiger partial charge in [-0.1, -0.05) is 6.07 Å². The number of halogens is 3. The van der Waals surface area contributed by atoms with Crippen molar-refractivity contribution in [2.24, 2.45) is 16.6 Å². The van der Waals surface area contributed by atoms with E-state index >= 15 is 0 Å². The molecule has 1 fully saturated rings. The van der Waals surface area contributed by atoms with Crippen molar-refractivity contribution in [3.63, 3.8) is 0 Å². The molecule has 9 heteroatoms. The number of carbonyl (C=O) groups is 1. The normalized spacial score (nSPS) is 18.3. The fraction of sp³-hybridized carbons (Fsp3) is 0.600. The molecular formula is C20H32F2IN5O. The first kappa shape index (κ1) is 25.5. The standard InChI is InChI=1S/C20H31F2N5O.HI/c1-4-24-20(27-10-6-7-14(13-27)11-18(23)28)25-12-17(26(2)3)19-15(21)8-5-9-16(19)22;/h5,8-9,14,17H,4,6-7,10-13H2,1-3H3,(H2,23,28)(H,24,25);1H. The second kappa shape index (κ2) is 12.3. The zero-order valence-corrected chi connectivity index (χ0v) is 19.7. The minimum atomic E-state index is -0.571. The Morgan fingerprint density at radius 1 is 1.38 bits per heavy atom. The summed E-state index contributed by atoms with van der Waals surface area (Å²) < 4.78 is 28.6. The van der Waals surface area contributed by atoms with Gasteiger partial charge in [-0.05, 0) is 51.9 Å². The molecule has 0 radical (unpaired) electrons. The molecule has 0 spiro atoms. The molecule has 2 rings (SSSR count). The maximum atomic E-state index is 14.3. The predicted octanol–water partition coefficient (Wildman–Crippen LogP) is 2.74. The Morgan fingerprint density at radius 3 is 2.59 bits per heavy atom. The summed E-state index contributed by atoms with van der Waals surface area (Å²) in [5.74, 6) is -0.544. The van der Waals surface area contributed by atoms with Crippen molar-refractivity contribution in [2.45, 2.75) is 32.2 Å². The molecule has 164 valence electrons. The minimum Gasteiger partial charge on any atom is -0.370 e. The van der Waals surface area contributed by atoms with Crippen LogP contribution in [0.25, 0.3) is 0 Å². The van der Waals surface area contributed by atoms with Gasteiger partial charge >= 0.3 is 0 Å². The highest BCUT2D eigenvalue weighted by Crippen LogP contribution is 2.25.